The van der Waals surface area contributed by atoms with E-state index in [-0.39, 0.29) is 18.1 Å². The largest absolute Gasteiger partial charge is 0.482 e. The predicted molar refractivity (Wildman–Crippen MR) is 104 cm³/mol. The first kappa shape index (κ1) is 19.9. The van der Waals surface area contributed by atoms with E-state index < -0.39 is 22.6 Å². The highest BCUT2D eigenvalue weighted by molar-refractivity contribution is 7.92. The third-order valence-electron chi connectivity index (χ3n) is 4.42. The molecule has 0 amide bonds. The highest BCUT2D eigenvalue weighted by Crippen LogP contribution is 2.31. The standard InChI is InChI=1S/C20H21NO6S/c1-2-28(24,25)21-11-10-15-12-16(8-9-18(15)21)19(22)13-27-20(23)14-26-17-6-4-3-5-7-17/h3-9,12H,2,10-11,13-14H2,1H3. The van der Waals surface area contributed by atoms with Gasteiger partial charge in [-0.05, 0) is 49.2 Å². The molecule has 0 unspecified atom stereocenters. The molecule has 1 heterocycles. The molecular formula is C20H21NO6S. The van der Waals surface area contributed by atoms with E-state index in [0.29, 0.717) is 30.0 Å². The van der Waals surface area contributed by atoms with Gasteiger partial charge in [0.25, 0.3) is 0 Å². The lowest BCUT2D eigenvalue weighted by atomic mass is 10.1. The molecule has 0 fully saturated rings. The average Bonchev–Trinajstić information content (AvgIpc) is 3.15. The number of anilines is 1. The highest BCUT2D eigenvalue weighted by atomic mass is 32.2. The highest BCUT2D eigenvalue weighted by Gasteiger charge is 2.28. The van der Waals surface area contributed by atoms with Gasteiger partial charge in [0.05, 0.1) is 11.4 Å². The third kappa shape index (κ3) is 4.51. The maximum absolute atomic E-state index is 12.3. The molecule has 0 saturated heterocycles. The van der Waals surface area contributed by atoms with Crippen LogP contribution in [-0.2, 0) is 26.0 Å². The van der Waals surface area contributed by atoms with E-state index >= 15 is 0 Å². The third-order valence-corrected chi connectivity index (χ3v) is 6.20. The minimum Gasteiger partial charge on any atom is -0.482 e. The van der Waals surface area contributed by atoms with Crippen LogP contribution < -0.4 is 9.04 Å². The zero-order valence-electron chi connectivity index (χ0n) is 15.5. The Hall–Kier alpha value is -2.87. The fourth-order valence-electron chi connectivity index (χ4n) is 2.92. The first-order valence-corrected chi connectivity index (χ1v) is 10.5. The van der Waals surface area contributed by atoms with Crippen LogP contribution in [0.3, 0.4) is 0 Å². The topological polar surface area (TPSA) is 90.0 Å². The molecule has 0 aliphatic carbocycles. The number of benzene rings is 2. The number of rotatable bonds is 8. The van der Waals surface area contributed by atoms with Gasteiger partial charge in [0.2, 0.25) is 10.0 Å². The summed E-state index contributed by atoms with van der Waals surface area (Å²) in [5, 5.41) is 0. The Bertz CT molecular complexity index is 971. The monoisotopic (exact) mass is 403 g/mol. The van der Waals surface area contributed by atoms with Crippen LogP contribution >= 0.6 is 0 Å². The van der Waals surface area contributed by atoms with Gasteiger partial charge in [-0.3, -0.25) is 9.10 Å². The second-order valence-electron chi connectivity index (χ2n) is 6.25. The van der Waals surface area contributed by atoms with E-state index in [9.17, 15) is 18.0 Å². The molecule has 28 heavy (non-hydrogen) atoms. The fourth-order valence-corrected chi connectivity index (χ4v) is 4.08. The SMILES string of the molecule is CCS(=O)(=O)N1CCc2cc(C(=O)COC(=O)COc3ccccc3)ccc21. The van der Waals surface area contributed by atoms with E-state index in [0.717, 1.165) is 5.56 Å². The Labute approximate surface area is 163 Å². The van der Waals surface area contributed by atoms with Gasteiger partial charge in [0.15, 0.2) is 19.0 Å². The smallest absolute Gasteiger partial charge is 0.344 e. The Morgan fingerprint density at radius 3 is 2.54 bits per heavy atom. The van der Waals surface area contributed by atoms with Crippen LogP contribution in [0.5, 0.6) is 5.75 Å². The van der Waals surface area contributed by atoms with Crippen LogP contribution in [-0.4, -0.2) is 45.7 Å². The van der Waals surface area contributed by atoms with Gasteiger partial charge in [-0.2, -0.15) is 0 Å². The molecule has 1 aliphatic heterocycles. The van der Waals surface area contributed by atoms with Crippen molar-refractivity contribution in [2.75, 3.05) is 29.8 Å². The molecule has 0 N–H and O–H groups in total. The normalized spacial score (nSPS) is 13.1. The first-order valence-electron chi connectivity index (χ1n) is 8.90. The first-order chi connectivity index (χ1) is 13.4. The van der Waals surface area contributed by atoms with Crippen molar-refractivity contribution >= 4 is 27.5 Å². The molecule has 1 aliphatic rings. The lowest BCUT2D eigenvalue weighted by Gasteiger charge is -2.18. The number of para-hydroxylation sites is 1. The van der Waals surface area contributed by atoms with Crippen molar-refractivity contribution in [3.63, 3.8) is 0 Å². The van der Waals surface area contributed by atoms with Crippen molar-refractivity contribution in [1.29, 1.82) is 0 Å². The summed E-state index contributed by atoms with van der Waals surface area (Å²) >= 11 is 0. The molecule has 0 aromatic heterocycles. The Morgan fingerprint density at radius 1 is 1.07 bits per heavy atom. The van der Waals surface area contributed by atoms with Crippen LogP contribution in [0.25, 0.3) is 0 Å². The number of esters is 1. The number of ether oxygens (including phenoxy) is 2. The molecule has 0 bridgehead atoms. The number of carbonyl (C=O) groups excluding carboxylic acids is 2. The lowest BCUT2D eigenvalue weighted by molar-refractivity contribution is -0.144. The molecule has 7 nitrogen and oxygen atoms in total. The van der Waals surface area contributed by atoms with E-state index in [4.69, 9.17) is 9.47 Å². The zero-order chi connectivity index (χ0) is 20.1. The van der Waals surface area contributed by atoms with E-state index in [1.54, 1.807) is 49.4 Å². The van der Waals surface area contributed by atoms with Crippen molar-refractivity contribution in [3.8, 4) is 5.75 Å². The van der Waals surface area contributed by atoms with Crippen LogP contribution in [0.15, 0.2) is 48.5 Å². The van der Waals surface area contributed by atoms with Gasteiger partial charge in [-0.1, -0.05) is 18.2 Å². The number of fused-ring (bicyclic) bond motifs is 1. The molecule has 0 radical (unpaired) electrons. The Kier molecular flexibility index (Phi) is 5.99. The van der Waals surface area contributed by atoms with Crippen molar-refractivity contribution in [3.05, 3.63) is 59.7 Å². The molecule has 0 saturated carbocycles. The summed E-state index contributed by atoms with van der Waals surface area (Å²) in [4.78, 5) is 24.1. The van der Waals surface area contributed by atoms with Crippen LogP contribution in [0.1, 0.15) is 22.8 Å². The number of ketones is 1. The van der Waals surface area contributed by atoms with E-state index in [1.807, 2.05) is 6.07 Å². The number of hydrogen-bond acceptors (Lipinski definition) is 6. The van der Waals surface area contributed by atoms with Crippen LogP contribution in [0.2, 0.25) is 0 Å². The second kappa shape index (κ2) is 8.43. The van der Waals surface area contributed by atoms with Crippen molar-refractivity contribution in [2.45, 2.75) is 13.3 Å². The van der Waals surface area contributed by atoms with Gasteiger partial charge < -0.3 is 9.47 Å². The van der Waals surface area contributed by atoms with Crippen LogP contribution in [0.4, 0.5) is 5.69 Å². The summed E-state index contributed by atoms with van der Waals surface area (Å²) < 4.78 is 35.8. The molecule has 0 spiro atoms. The molecule has 8 heteroatoms. The zero-order valence-corrected chi connectivity index (χ0v) is 16.3. The summed E-state index contributed by atoms with van der Waals surface area (Å²) in [6.07, 6.45) is 0.542. The van der Waals surface area contributed by atoms with Crippen LogP contribution in [0, 0.1) is 0 Å². The molecule has 148 valence electrons. The molecule has 3 rings (SSSR count). The van der Waals surface area contributed by atoms with Gasteiger partial charge in [-0.25, -0.2) is 13.2 Å². The summed E-state index contributed by atoms with van der Waals surface area (Å²) in [6.45, 7) is 1.29. The number of sulfonamides is 1. The fraction of sp³-hybridized carbons (Fsp3) is 0.300. The number of nitrogens with zero attached hydrogens (tertiary/aromatic N) is 1. The minimum absolute atomic E-state index is 0.0220. The molecular weight excluding hydrogens is 382 g/mol. The van der Waals surface area contributed by atoms with E-state index in [1.165, 1.54) is 4.31 Å². The van der Waals surface area contributed by atoms with Gasteiger partial charge in [-0.15, -0.1) is 0 Å². The second-order valence-corrected chi connectivity index (χ2v) is 8.43. The maximum Gasteiger partial charge on any atom is 0.344 e. The summed E-state index contributed by atoms with van der Waals surface area (Å²) in [7, 11) is -3.33. The summed E-state index contributed by atoms with van der Waals surface area (Å²) in [5.41, 5.74) is 1.78. The number of hydrogen-bond donors (Lipinski definition) is 0. The lowest BCUT2D eigenvalue weighted by Crippen LogP contribution is -2.30. The minimum atomic E-state index is -3.33. The van der Waals surface area contributed by atoms with Gasteiger partial charge >= 0.3 is 5.97 Å². The quantitative estimate of drug-likeness (QED) is 0.496. The Morgan fingerprint density at radius 2 is 1.82 bits per heavy atom. The number of Topliss-reactive ketones (excluding diaryl/α,β-unsaturated/α-hetero) is 1. The average molecular weight is 403 g/mol. The number of carbonyl (C=O) groups is 2. The predicted octanol–water partition coefficient (Wildman–Crippen LogP) is 2.20. The summed E-state index contributed by atoms with van der Waals surface area (Å²) in [6, 6.07) is 13.7. The molecule has 2 aromatic carbocycles. The molecule has 0 atom stereocenters. The maximum atomic E-state index is 12.3. The van der Waals surface area contributed by atoms with Crippen molar-refractivity contribution in [1.82, 2.24) is 0 Å². The van der Waals surface area contributed by atoms with Crippen molar-refractivity contribution in [2.24, 2.45) is 0 Å². The van der Waals surface area contributed by atoms with E-state index in [2.05, 4.69) is 0 Å². The Balaban J connectivity index is 1.56. The van der Waals surface area contributed by atoms with Gasteiger partial charge in [0.1, 0.15) is 5.75 Å². The van der Waals surface area contributed by atoms with Gasteiger partial charge in [0, 0.05) is 12.1 Å². The molecule has 2 aromatic rings. The summed E-state index contributed by atoms with van der Waals surface area (Å²) in [5.74, 6) is -0.434. The van der Waals surface area contributed by atoms with Crippen molar-refractivity contribution < 1.29 is 27.5 Å².